The van der Waals surface area contributed by atoms with E-state index in [4.69, 9.17) is 9.31 Å². The molecule has 122 valence electrons. The molecular weight excluding hydrogens is 302 g/mol. The van der Waals surface area contributed by atoms with E-state index in [1.54, 1.807) is 6.07 Å². The molecule has 0 unspecified atom stereocenters. The Morgan fingerprint density at radius 3 is 2.25 bits per heavy atom. The summed E-state index contributed by atoms with van der Waals surface area (Å²) in [4.78, 5) is 0. The second-order valence-electron chi connectivity index (χ2n) is 7.04. The highest BCUT2D eigenvalue weighted by Gasteiger charge is 2.37. The average Bonchev–Trinajstić information content (AvgIpc) is 2.83. The zero-order valence-electron chi connectivity index (χ0n) is 14.0. The molecule has 2 aromatic rings. The fourth-order valence-electron chi connectivity index (χ4n) is 3.76. The van der Waals surface area contributed by atoms with Crippen molar-refractivity contribution in [3.8, 4) is 11.1 Å². The highest BCUT2D eigenvalue weighted by atomic mass is 16.6. The van der Waals surface area contributed by atoms with E-state index in [2.05, 4.69) is 32.0 Å². The summed E-state index contributed by atoms with van der Waals surface area (Å²) >= 11 is 0. The van der Waals surface area contributed by atoms with Gasteiger partial charge in [-0.3, -0.25) is 0 Å². The number of hydrogen-bond donors (Lipinski definition) is 2. The molecule has 2 N–H and O–H groups in total. The van der Waals surface area contributed by atoms with E-state index in [1.807, 2.05) is 12.1 Å². The monoisotopic (exact) mass is 322 g/mol. The van der Waals surface area contributed by atoms with Crippen molar-refractivity contribution in [2.24, 2.45) is 0 Å². The maximum Gasteiger partial charge on any atom is 0.493 e. The zero-order valence-corrected chi connectivity index (χ0v) is 14.0. The molecule has 1 fully saturated rings. The summed E-state index contributed by atoms with van der Waals surface area (Å²) in [6.45, 7) is 5.78. The van der Waals surface area contributed by atoms with Gasteiger partial charge in [0.25, 0.3) is 0 Å². The Kier molecular flexibility index (Phi) is 3.81. The lowest BCUT2D eigenvalue weighted by Crippen LogP contribution is -2.41. The summed E-state index contributed by atoms with van der Waals surface area (Å²) in [7, 11) is -1.74. The molecule has 1 aliphatic heterocycles. The van der Waals surface area contributed by atoms with Crippen molar-refractivity contribution in [1.82, 2.24) is 0 Å². The van der Waals surface area contributed by atoms with Crippen molar-refractivity contribution < 1.29 is 19.4 Å². The van der Waals surface area contributed by atoms with Gasteiger partial charge in [0.05, 0.1) is 0 Å². The highest BCUT2D eigenvalue weighted by molar-refractivity contribution is 6.61. The van der Waals surface area contributed by atoms with E-state index in [1.165, 1.54) is 11.1 Å². The Labute approximate surface area is 142 Å². The van der Waals surface area contributed by atoms with Crippen LogP contribution >= 0.6 is 0 Å². The maximum absolute atomic E-state index is 9.48. The van der Waals surface area contributed by atoms with Crippen LogP contribution < -0.4 is 10.9 Å². The Morgan fingerprint density at radius 2 is 1.58 bits per heavy atom. The van der Waals surface area contributed by atoms with E-state index >= 15 is 0 Å². The van der Waals surface area contributed by atoms with Gasteiger partial charge in [0.15, 0.2) is 0 Å². The number of hydrogen-bond acceptors (Lipinski definition) is 4. The van der Waals surface area contributed by atoms with E-state index in [9.17, 15) is 10.0 Å². The third-order valence-corrected chi connectivity index (χ3v) is 5.12. The lowest BCUT2D eigenvalue weighted by molar-refractivity contribution is 0.143. The molecule has 4 nitrogen and oxygen atoms in total. The Hall–Kier alpha value is -1.59. The molecule has 0 atom stereocenters. The van der Waals surface area contributed by atoms with Crippen molar-refractivity contribution in [1.29, 1.82) is 0 Å². The van der Waals surface area contributed by atoms with Gasteiger partial charge in [0.1, 0.15) is 0 Å². The van der Waals surface area contributed by atoms with Gasteiger partial charge in [0.2, 0.25) is 0 Å². The first-order chi connectivity index (χ1) is 11.5. The third kappa shape index (κ3) is 2.42. The Morgan fingerprint density at radius 1 is 0.958 bits per heavy atom. The molecule has 1 heterocycles. The van der Waals surface area contributed by atoms with Gasteiger partial charge in [-0.2, -0.15) is 0 Å². The van der Waals surface area contributed by atoms with Crippen LogP contribution in [0.5, 0.6) is 0 Å². The summed E-state index contributed by atoms with van der Waals surface area (Å²) < 4.78 is 11.5. The molecule has 6 heteroatoms. The van der Waals surface area contributed by atoms with Crippen LogP contribution in [0.3, 0.4) is 0 Å². The minimum absolute atomic E-state index is 0.208. The first kappa shape index (κ1) is 15.9. The van der Waals surface area contributed by atoms with Gasteiger partial charge < -0.3 is 19.4 Å². The van der Waals surface area contributed by atoms with Crippen LogP contribution in [0.4, 0.5) is 0 Å². The molecule has 0 saturated carbocycles. The third-order valence-electron chi connectivity index (χ3n) is 5.12. The van der Waals surface area contributed by atoms with Crippen LogP contribution in [-0.4, -0.2) is 37.5 Å². The Balaban J connectivity index is 1.79. The minimum Gasteiger partial charge on any atom is -0.423 e. The predicted molar refractivity (Wildman–Crippen MR) is 95.7 cm³/mol. The molecule has 4 rings (SSSR count). The van der Waals surface area contributed by atoms with E-state index in [0.717, 1.165) is 36.2 Å². The van der Waals surface area contributed by atoms with Crippen molar-refractivity contribution in [3.05, 3.63) is 47.5 Å². The van der Waals surface area contributed by atoms with Crippen LogP contribution in [0.1, 0.15) is 31.4 Å². The van der Waals surface area contributed by atoms with Gasteiger partial charge in [-0.05, 0) is 39.6 Å². The van der Waals surface area contributed by atoms with Crippen LogP contribution in [0.25, 0.3) is 11.1 Å². The molecule has 1 saturated heterocycles. The SMILES string of the molecule is CC1(C)c2cc(B(O)O)ccc2-c2ccc(B3OCCCO3)cc21. The molecular formula is C18H20B2O4. The molecule has 2 aromatic carbocycles. The van der Waals surface area contributed by atoms with Crippen LogP contribution in [-0.2, 0) is 14.7 Å². The van der Waals surface area contributed by atoms with Crippen molar-refractivity contribution in [2.75, 3.05) is 13.2 Å². The lowest BCUT2D eigenvalue weighted by Gasteiger charge is -2.24. The summed E-state index contributed by atoms with van der Waals surface area (Å²) in [6, 6.07) is 12.0. The van der Waals surface area contributed by atoms with E-state index < -0.39 is 7.12 Å². The number of fused-ring (bicyclic) bond motifs is 3. The molecule has 0 radical (unpaired) electrons. The largest absolute Gasteiger partial charge is 0.493 e. The van der Waals surface area contributed by atoms with E-state index in [0.29, 0.717) is 5.46 Å². The van der Waals surface area contributed by atoms with Crippen molar-refractivity contribution >= 4 is 25.2 Å². The van der Waals surface area contributed by atoms with Gasteiger partial charge in [0, 0.05) is 18.6 Å². The summed E-state index contributed by atoms with van der Waals surface area (Å²) in [5.41, 5.74) is 6.03. The molecule has 0 aromatic heterocycles. The summed E-state index contributed by atoms with van der Waals surface area (Å²) in [5, 5.41) is 19.0. The maximum atomic E-state index is 9.48. The summed E-state index contributed by atoms with van der Waals surface area (Å²) in [5.74, 6) is 0. The second-order valence-corrected chi connectivity index (χ2v) is 7.04. The molecule has 2 aliphatic rings. The van der Waals surface area contributed by atoms with Gasteiger partial charge >= 0.3 is 14.2 Å². The van der Waals surface area contributed by atoms with Crippen molar-refractivity contribution in [3.63, 3.8) is 0 Å². The average molecular weight is 322 g/mol. The number of benzene rings is 2. The summed E-state index contributed by atoms with van der Waals surface area (Å²) in [6.07, 6.45) is 0.935. The fourth-order valence-corrected chi connectivity index (χ4v) is 3.76. The van der Waals surface area contributed by atoms with Crippen LogP contribution in [0.2, 0.25) is 0 Å². The van der Waals surface area contributed by atoms with Gasteiger partial charge in [-0.1, -0.05) is 50.2 Å². The topological polar surface area (TPSA) is 58.9 Å². The van der Waals surface area contributed by atoms with Crippen molar-refractivity contribution in [2.45, 2.75) is 25.7 Å². The molecule has 24 heavy (non-hydrogen) atoms. The van der Waals surface area contributed by atoms with Gasteiger partial charge in [-0.15, -0.1) is 0 Å². The normalized spacial score (nSPS) is 18.2. The molecule has 1 aliphatic carbocycles. The second kappa shape index (κ2) is 5.74. The quantitative estimate of drug-likeness (QED) is 0.804. The smallest absolute Gasteiger partial charge is 0.423 e. The zero-order chi connectivity index (χ0) is 16.9. The Bertz CT molecular complexity index is 783. The first-order valence-corrected chi connectivity index (χ1v) is 8.37. The number of rotatable bonds is 2. The standard InChI is InChI=1S/C18H20B2O4/c1-18(2)16-10-12(19(21)22)4-6-14(16)15-7-5-13(11-17(15)18)20-23-8-3-9-24-20/h4-7,10-11,21-22H,3,8-9H2,1-2H3. The molecule has 0 amide bonds. The van der Waals surface area contributed by atoms with Crippen LogP contribution in [0, 0.1) is 0 Å². The lowest BCUT2D eigenvalue weighted by atomic mass is 9.73. The predicted octanol–water partition coefficient (Wildman–Crippen LogP) is 0.805. The van der Waals surface area contributed by atoms with Crippen LogP contribution in [0.15, 0.2) is 36.4 Å². The highest BCUT2D eigenvalue weighted by Crippen LogP contribution is 2.47. The fraction of sp³-hybridized carbons (Fsp3) is 0.333. The van der Waals surface area contributed by atoms with Gasteiger partial charge in [-0.25, -0.2) is 0 Å². The molecule has 0 bridgehead atoms. The minimum atomic E-state index is -1.45. The first-order valence-electron chi connectivity index (χ1n) is 8.37. The van der Waals surface area contributed by atoms with E-state index in [-0.39, 0.29) is 12.5 Å². The molecule has 0 spiro atoms.